The maximum atomic E-state index is 9.79. The highest BCUT2D eigenvalue weighted by Gasteiger charge is 2.17. The normalized spacial score (nSPS) is 17.5. The minimum Gasteiger partial charge on any atom is -0.510 e. The van der Waals surface area contributed by atoms with E-state index < -0.39 is 0 Å². The van der Waals surface area contributed by atoms with Crippen LogP contribution in [0.15, 0.2) is 48.4 Å². The van der Waals surface area contributed by atoms with E-state index in [1.54, 1.807) is 6.08 Å². The highest BCUT2D eigenvalue weighted by molar-refractivity contribution is 6.30. The standard InChI is InChI=1S/C18H21ClN2O/c1-3-9-20(14-16-6-4-7-17(19)13-16)11-12-21-10-5-8-18(22)15(21)2/h1,4-8,10,13,15,22H,9,11-12,14H2,2H3. The van der Waals surface area contributed by atoms with Crippen LogP contribution in [0.4, 0.5) is 0 Å². The number of benzene rings is 1. The van der Waals surface area contributed by atoms with E-state index in [0.29, 0.717) is 12.3 Å². The molecule has 0 bridgehead atoms. The number of aliphatic hydroxyl groups is 1. The van der Waals surface area contributed by atoms with Crippen molar-refractivity contribution in [3.05, 3.63) is 59.0 Å². The van der Waals surface area contributed by atoms with Crippen molar-refractivity contribution in [2.75, 3.05) is 19.6 Å². The van der Waals surface area contributed by atoms with Gasteiger partial charge in [-0.1, -0.05) is 29.7 Å². The average Bonchev–Trinajstić information content (AvgIpc) is 2.49. The van der Waals surface area contributed by atoms with Gasteiger partial charge in [0.2, 0.25) is 0 Å². The van der Waals surface area contributed by atoms with E-state index >= 15 is 0 Å². The number of allylic oxidation sites excluding steroid dienone is 2. The van der Waals surface area contributed by atoms with Gasteiger partial charge in [0.1, 0.15) is 5.76 Å². The van der Waals surface area contributed by atoms with Crippen molar-refractivity contribution < 1.29 is 5.11 Å². The smallest absolute Gasteiger partial charge is 0.114 e. The molecule has 1 heterocycles. The van der Waals surface area contributed by atoms with Gasteiger partial charge in [-0.3, -0.25) is 4.90 Å². The quantitative estimate of drug-likeness (QED) is 0.815. The molecule has 0 radical (unpaired) electrons. The second-order valence-corrected chi connectivity index (χ2v) is 5.83. The zero-order valence-electron chi connectivity index (χ0n) is 12.7. The van der Waals surface area contributed by atoms with Gasteiger partial charge in [0.25, 0.3) is 0 Å². The summed E-state index contributed by atoms with van der Waals surface area (Å²) in [5.41, 5.74) is 1.15. The third kappa shape index (κ3) is 4.56. The topological polar surface area (TPSA) is 26.7 Å². The first-order chi connectivity index (χ1) is 10.6. The molecule has 4 heteroatoms. The molecule has 1 N–H and O–H groups in total. The Kier molecular flexibility index (Phi) is 5.94. The predicted octanol–water partition coefficient (Wildman–Crippen LogP) is 3.43. The lowest BCUT2D eigenvalue weighted by molar-refractivity contribution is 0.202. The molecule has 0 saturated carbocycles. The summed E-state index contributed by atoms with van der Waals surface area (Å²) in [6.45, 7) is 4.95. The van der Waals surface area contributed by atoms with Crippen LogP contribution in [-0.4, -0.2) is 40.6 Å². The van der Waals surface area contributed by atoms with E-state index in [0.717, 1.165) is 30.2 Å². The Morgan fingerprint density at radius 3 is 3.00 bits per heavy atom. The molecule has 0 amide bonds. The minimum absolute atomic E-state index is 0.00357. The fourth-order valence-electron chi connectivity index (χ4n) is 2.45. The van der Waals surface area contributed by atoms with E-state index in [1.165, 1.54) is 0 Å². The number of hydrogen-bond acceptors (Lipinski definition) is 3. The fourth-order valence-corrected chi connectivity index (χ4v) is 2.67. The molecule has 1 aliphatic rings. The molecule has 3 nitrogen and oxygen atoms in total. The Bertz CT molecular complexity index is 603. The second-order valence-electron chi connectivity index (χ2n) is 5.39. The van der Waals surface area contributed by atoms with Crippen LogP contribution in [0.5, 0.6) is 0 Å². The van der Waals surface area contributed by atoms with E-state index in [2.05, 4.69) is 15.7 Å². The van der Waals surface area contributed by atoms with E-state index in [-0.39, 0.29) is 6.04 Å². The molecule has 1 aromatic rings. The second kappa shape index (κ2) is 7.93. The Balaban J connectivity index is 1.93. The molecule has 0 aromatic heterocycles. The first kappa shape index (κ1) is 16.5. The highest BCUT2D eigenvalue weighted by atomic mass is 35.5. The minimum atomic E-state index is 0.00357. The number of aliphatic hydroxyl groups excluding tert-OH is 1. The summed E-state index contributed by atoms with van der Waals surface area (Å²) in [7, 11) is 0. The number of nitrogens with zero attached hydrogens (tertiary/aromatic N) is 2. The molecule has 116 valence electrons. The molecule has 2 rings (SSSR count). The van der Waals surface area contributed by atoms with E-state index in [1.807, 2.05) is 43.5 Å². The lowest BCUT2D eigenvalue weighted by Gasteiger charge is -2.31. The van der Waals surface area contributed by atoms with Crippen LogP contribution >= 0.6 is 11.6 Å². The summed E-state index contributed by atoms with van der Waals surface area (Å²) < 4.78 is 0. The lowest BCUT2D eigenvalue weighted by Crippen LogP contribution is -2.38. The van der Waals surface area contributed by atoms with Gasteiger partial charge in [-0.05, 0) is 43.0 Å². The van der Waals surface area contributed by atoms with E-state index in [4.69, 9.17) is 18.0 Å². The Morgan fingerprint density at radius 2 is 2.27 bits per heavy atom. The third-order valence-corrected chi connectivity index (χ3v) is 3.99. The van der Waals surface area contributed by atoms with Crippen molar-refractivity contribution in [1.29, 1.82) is 0 Å². The molecule has 0 aliphatic carbocycles. The number of rotatable bonds is 6. The van der Waals surface area contributed by atoms with Gasteiger partial charge in [-0.25, -0.2) is 0 Å². The fraction of sp³-hybridized carbons (Fsp3) is 0.333. The summed E-state index contributed by atoms with van der Waals surface area (Å²) in [4.78, 5) is 4.30. The molecule has 0 fully saturated rings. The zero-order chi connectivity index (χ0) is 15.9. The molecular weight excluding hydrogens is 296 g/mol. The van der Waals surface area contributed by atoms with Crippen molar-refractivity contribution in [2.45, 2.75) is 19.5 Å². The summed E-state index contributed by atoms with van der Waals surface area (Å²) >= 11 is 6.03. The molecule has 1 atom stereocenters. The molecule has 1 aliphatic heterocycles. The molecule has 0 spiro atoms. The average molecular weight is 317 g/mol. The predicted molar refractivity (Wildman–Crippen MR) is 91.6 cm³/mol. The Labute approximate surface area is 137 Å². The van der Waals surface area contributed by atoms with Gasteiger partial charge in [-0.2, -0.15) is 0 Å². The van der Waals surface area contributed by atoms with Crippen LogP contribution in [0, 0.1) is 12.3 Å². The Morgan fingerprint density at radius 1 is 1.45 bits per heavy atom. The molecular formula is C18H21ClN2O. The van der Waals surface area contributed by atoms with Crippen molar-refractivity contribution >= 4 is 11.6 Å². The van der Waals surface area contributed by atoms with E-state index in [9.17, 15) is 5.11 Å². The van der Waals surface area contributed by atoms with Crippen LogP contribution in [0.2, 0.25) is 5.02 Å². The molecule has 1 aromatic carbocycles. The van der Waals surface area contributed by atoms with Crippen LogP contribution in [-0.2, 0) is 6.54 Å². The van der Waals surface area contributed by atoms with Crippen molar-refractivity contribution in [1.82, 2.24) is 9.80 Å². The third-order valence-electron chi connectivity index (χ3n) is 3.75. The SMILES string of the molecule is C#CCN(CCN1C=CC=C(O)C1C)Cc1cccc(Cl)c1. The van der Waals surface area contributed by atoms with Gasteiger partial charge >= 0.3 is 0 Å². The van der Waals surface area contributed by atoms with Crippen LogP contribution < -0.4 is 0 Å². The summed E-state index contributed by atoms with van der Waals surface area (Å²) in [6, 6.07) is 7.83. The largest absolute Gasteiger partial charge is 0.510 e. The van der Waals surface area contributed by atoms with Crippen molar-refractivity contribution in [2.24, 2.45) is 0 Å². The molecule has 0 saturated heterocycles. The van der Waals surface area contributed by atoms with Gasteiger partial charge < -0.3 is 10.0 Å². The molecule has 22 heavy (non-hydrogen) atoms. The van der Waals surface area contributed by atoms with Crippen molar-refractivity contribution in [3.63, 3.8) is 0 Å². The molecule has 1 unspecified atom stereocenters. The first-order valence-corrected chi connectivity index (χ1v) is 7.71. The number of terminal acetylenes is 1. The van der Waals surface area contributed by atoms with Gasteiger partial charge in [0.15, 0.2) is 0 Å². The highest BCUT2D eigenvalue weighted by Crippen LogP contribution is 2.15. The summed E-state index contributed by atoms with van der Waals surface area (Å²) in [6.07, 6.45) is 11.1. The van der Waals surface area contributed by atoms with Gasteiger partial charge in [0.05, 0.1) is 12.6 Å². The van der Waals surface area contributed by atoms with Crippen LogP contribution in [0.3, 0.4) is 0 Å². The van der Waals surface area contributed by atoms with Gasteiger partial charge in [-0.15, -0.1) is 6.42 Å². The number of hydrogen-bond donors (Lipinski definition) is 1. The summed E-state index contributed by atoms with van der Waals surface area (Å²) in [5, 5.41) is 10.5. The monoisotopic (exact) mass is 316 g/mol. The maximum Gasteiger partial charge on any atom is 0.114 e. The van der Waals surface area contributed by atoms with Crippen LogP contribution in [0.25, 0.3) is 0 Å². The lowest BCUT2D eigenvalue weighted by atomic mass is 10.1. The first-order valence-electron chi connectivity index (χ1n) is 7.33. The Hall–Kier alpha value is -1.89. The maximum absolute atomic E-state index is 9.79. The zero-order valence-corrected chi connectivity index (χ0v) is 13.5. The van der Waals surface area contributed by atoms with Gasteiger partial charge in [0, 0.05) is 24.7 Å². The summed E-state index contributed by atoms with van der Waals surface area (Å²) in [5.74, 6) is 3.10. The van der Waals surface area contributed by atoms with Crippen molar-refractivity contribution in [3.8, 4) is 12.3 Å². The number of halogens is 1. The van der Waals surface area contributed by atoms with Crippen LogP contribution in [0.1, 0.15) is 12.5 Å².